The van der Waals surface area contributed by atoms with Gasteiger partial charge in [-0.2, -0.15) is 0 Å². The van der Waals surface area contributed by atoms with E-state index in [1.54, 1.807) is 0 Å². The molecule has 0 fully saturated rings. The SMILES string of the molecule is c1ccc(-c2c3cc4c5ccc6c7ccc8c9c(ccc(c%10ccc(c5c6%10)c4c4c5ccccc5c(c5c6cccc%10cccc(c25)c%106)c34)c97)-c2ccccc2-8)cc1. The molecule has 1 aliphatic carbocycles. The molecule has 0 aromatic heterocycles. The summed E-state index contributed by atoms with van der Waals surface area (Å²) in [5, 5.41) is 32.8. The van der Waals surface area contributed by atoms with Crippen LogP contribution in [0.2, 0.25) is 0 Å². The van der Waals surface area contributed by atoms with Gasteiger partial charge in [0.1, 0.15) is 0 Å². The molecule has 15 aromatic rings. The summed E-state index contributed by atoms with van der Waals surface area (Å²) in [5.74, 6) is 0. The van der Waals surface area contributed by atoms with Gasteiger partial charge in [-0.1, -0.05) is 164 Å². The third-order valence-electron chi connectivity index (χ3n) is 14.5. The highest BCUT2D eigenvalue weighted by atomic mass is 14.3. The molecule has 1 aliphatic rings. The maximum absolute atomic E-state index is 2.59. The maximum atomic E-state index is 2.59. The lowest BCUT2D eigenvalue weighted by molar-refractivity contribution is 1.70. The summed E-state index contributed by atoms with van der Waals surface area (Å²) in [6, 6.07) is 65.1. The van der Waals surface area contributed by atoms with Crippen molar-refractivity contribution in [3.63, 3.8) is 0 Å². The van der Waals surface area contributed by atoms with E-state index in [4.69, 9.17) is 0 Å². The van der Waals surface area contributed by atoms with E-state index in [-0.39, 0.29) is 0 Å². The van der Waals surface area contributed by atoms with E-state index < -0.39 is 0 Å². The molecule has 0 unspecified atom stereocenters. The van der Waals surface area contributed by atoms with Crippen LogP contribution >= 0.6 is 0 Å². The van der Waals surface area contributed by atoms with Crippen LogP contribution < -0.4 is 0 Å². The zero-order valence-corrected chi connectivity index (χ0v) is 31.2. The van der Waals surface area contributed by atoms with E-state index in [0.29, 0.717) is 0 Å². The number of fused-ring (bicyclic) bond motifs is 16. The van der Waals surface area contributed by atoms with Crippen LogP contribution in [0.25, 0.3) is 163 Å². The second kappa shape index (κ2) is 9.52. The molecule has 0 heteroatoms. The van der Waals surface area contributed by atoms with E-state index in [9.17, 15) is 0 Å². The molecule has 0 aliphatic heterocycles. The average molecular weight is 725 g/mol. The monoisotopic (exact) mass is 724 g/mol. The summed E-state index contributed by atoms with van der Waals surface area (Å²) in [6.45, 7) is 0. The van der Waals surface area contributed by atoms with Crippen LogP contribution in [0.5, 0.6) is 0 Å². The Morgan fingerprint density at radius 3 is 1.28 bits per heavy atom. The molecule has 0 bridgehead atoms. The third-order valence-corrected chi connectivity index (χ3v) is 14.5. The molecular weight excluding hydrogens is 697 g/mol. The van der Waals surface area contributed by atoms with E-state index in [2.05, 4.69) is 170 Å². The molecule has 260 valence electrons. The number of benzene rings is 12. The molecule has 0 spiro atoms. The van der Waals surface area contributed by atoms with Crippen LogP contribution in [0.4, 0.5) is 0 Å². The molecule has 0 atom stereocenters. The second-order valence-electron chi connectivity index (χ2n) is 16.9. The topological polar surface area (TPSA) is 0 Å². The minimum Gasteiger partial charge on any atom is -0.0622 e. The molecule has 0 heterocycles. The van der Waals surface area contributed by atoms with Gasteiger partial charge in [0.2, 0.25) is 0 Å². The van der Waals surface area contributed by atoms with Crippen molar-refractivity contribution in [3.05, 3.63) is 170 Å². The predicted octanol–water partition coefficient (Wildman–Crippen LogP) is 16.6. The van der Waals surface area contributed by atoms with Crippen LogP contribution in [-0.2, 0) is 0 Å². The fraction of sp³-hybridized carbons (Fsp3) is 0. The van der Waals surface area contributed by atoms with Crippen molar-refractivity contribution in [1.29, 1.82) is 0 Å². The quantitative estimate of drug-likeness (QED) is 0.117. The minimum atomic E-state index is 1.27. The molecule has 16 rings (SSSR count). The maximum Gasteiger partial charge on any atom is -0.000674 e. The Hall–Kier alpha value is -7.54. The molecule has 0 saturated carbocycles. The smallest absolute Gasteiger partial charge is 0.000674 e. The van der Waals surface area contributed by atoms with E-state index in [0.717, 1.165) is 0 Å². The van der Waals surface area contributed by atoms with Crippen molar-refractivity contribution in [2.24, 2.45) is 0 Å². The Kier molecular flexibility index (Phi) is 4.73. The third kappa shape index (κ3) is 3.01. The van der Waals surface area contributed by atoms with Crippen LogP contribution in [0.3, 0.4) is 0 Å². The van der Waals surface area contributed by atoms with Gasteiger partial charge in [-0.25, -0.2) is 0 Å². The molecule has 0 saturated heterocycles. The first-order valence-electron chi connectivity index (χ1n) is 20.5. The lowest BCUT2D eigenvalue weighted by Gasteiger charge is -2.16. The van der Waals surface area contributed by atoms with Crippen molar-refractivity contribution in [2.75, 3.05) is 0 Å². The first-order chi connectivity index (χ1) is 28.8. The predicted molar refractivity (Wildman–Crippen MR) is 251 cm³/mol. The first-order valence-corrected chi connectivity index (χ1v) is 20.5. The lowest BCUT2D eigenvalue weighted by Crippen LogP contribution is -1.88. The largest absolute Gasteiger partial charge is 0.0622 e. The van der Waals surface area contributed by atoms with Gasteiger partial charge in [-0.15, -0.1) is 0 Å². The molecule has 0 radical (unpaired) electrons. The number of hydrogen-bond acceptors (Lipinski definition) is 0. The van der Waals surface area contributed by atoms with Crippen molar-refractivity contribution in [2.45, 2.75) is 0 Å². The van der Waals surface area contributed by atoms with Gasteiger partial charge in [0.05, 0.1) is 0 Å². The Labute approximate surface area is 331 Å². The van der Waals surface area contributed by atoms with Gasteiger partial charge in [-0.05, 0) is 169 Å². The van der Waals surface area contributed by atoms with Crippen LogP contribution in [-0.4, -0.2) is 0 Å². The Bertz CT molecular complexity index is 4260. The summed E-state index contributed by atoms with van der Waals surface area (Å²) in [5.41, 5.74) is 8.04. The second-order valence-corrected chi connectivity index (χ2v) is 16.9. The zero-order valence-electron chi connectivity index (χ0n) is 31.2. The minimum absolute atomic E-state index is 1.27. The first kappa shape index (κ1) is 28.8. The van der Waals surface area contributed by atoms with E-state index >= 15 is 0 Å². The zero-order chi connectivity index (χ0) is 37.1. The summed E-state index contributed by atoms with van der Waals surface area (Å²) in [6.07, 6.45) is 0. The van der Waals surface area contributed by atoms with Gasteiger partial charge >= 0.3 is 0 Å². The highest BCUT2D eigenvalue weighted by Gasteiger charge is 2.29. The van der Waals surface area contributed by atoms with Crippen LogP contribution in [0.15, 0.2) is 170 Å². The van der Waals surface area contributed by atoms with Crippen LogP contribution in [0, 0.1) is 0 Å². The molecular formula is C58H28. The number of rotatable bonds is 1. The van der Waals surface area contributed by atoms with E-state index in [1.165, 1.54) is 163 Å². The summed E-state index contributed by atoms with van der Waals surface area (Å²) < 4.78 is 0. The molecule has 58 heavy (non-hydrogen) atoms. The van der Waals surface area contributed by atoms with Crippen LogP contribution in [0.1, 0.15) is 0 Å². The molecule has 15 aromatic carbocycles. The van der Waals surface area contributed by atoms with Gasteiger partial charge < -0.3 is 0 Å². The van der Waals surface area contributed by atoms with Gasteiger partial charge in [0.15, 0.2) is 0 Å². The normalized spacial score (nSPS) is 13.2. The Morgan fingerprint density at radius 2 is 0.603 bits per heavy atom. The van der Waals surface area contributed by atoms with Crippen molar-refractivity contribution in [1.82, 2.24) is 0 Å². The highest BCUT2D eigenvalue weighted by molar-refractivity contribution is 6.54. The molecule has 0 nitrogen and oxygen atoms in total. The molecule has 0 amide bonds. The lowest BCUT2D eigenvalue weighted by atomic mass is 9.87. The highest BCUT2D eigenvalue weighted by Crippen LogP contribution is 2.58. The van der Waals surface area contributed by atoms with Crippen molar-refractivity contribution < 1.29 is 0 Å². The Balaban J connectivity index is 1.16. The van der Waals surface area contributed by atoms with Gasteiger partial charge in [-0.3, -0.25) is 0 Å². The van der Waals surface area contributed by atoms with Crippen molar-refractivity contribution in [3.8, 4) is 33.4 Å². The van der Waals surface area contributed by atoms with E-state index in [1.807, 2.05) is 0 Å². The van der Waals surface area contributed by atoms with Gasteiger partial charge in [0, 0.05) is 0 Å². The Morgan fingerprint density at radius 1 is 0.190 bits per heavy atom. The standard InChI is InChI=1S/C58H28/c1-2-10-30(11-3-1)48-46-28-45-41-25-24-39-37-22-20-35-31-14-4-5-15-32(31)36-21-23-38(50(37)49(35)36)40-26-27-44(52(41)51(39)40)53(45)54-33-16-6-7-17-34(33)55(58(46)54)57-43-19-9-13-29-12-8-18-42(47(29)43)56(48)57/h1-28H. The van der Waals surface area contributed by atoms with Gasteiger partial charge in [0.25, 0.3) is 0 Å². The van der Waals surface area contributed by atoms with Crippen molar-refractivity contribution >= 4 is 129 Å². The summed E-state index contributed by atoms with van der Waals surface area (Å²) in [7, 11) is 0. The fourth-order valence-corrected chi connectivity index (χ4v) is 12.5. The summed E-state index contributed by atoms with van der Waals surface area (Å²) >= 11 is 0. The fourth-order valence-electron chi connectivity index (χ4n) is 12.5. The summed E-state index contributed by atoms with van der Waals surface area (Å²) in [4.78, 5) is 0. The average Bonchev–Trinajstić information content (AvgIpc) is 4.00. The number of hydrogen-bond donors (Lipinski definition) is 0. The molecule has 0 N–H and O–H groups in total.